The number of hydrogen-bond acceptors (Lipinski definition) is 4. The van der Waals surface area contributed by atoms with Crippen LogP contribution >= 0.6 is 0 Å². The normalized spacial score (nSPS) is 11.0. The monoisotopic (exact) mass is 323 g/mol. The fraction of sp³-hybridized carbons (Fsp3) is 0.167. The van der Waals surface area contributed by atoms with Crippen molar-refractivity contribution < 1.29 is 14.3 Å². The fourth-order valence-corrected chi connectivity index (χ4v) is 2.02. The molecule has 2 aromatic carbocycles. The molecule has 0 saturated heterocycles. The van der Waals surface area contributed by atoms with Gasteiger partial charge in [-0.1, -0.05) is 12.1 Å². The van der Waals surface area contributed by atoms with E-state index in [1.54, 1.807) is 62.5 Å². The molecule has 24 heavy (non-hydrogen) atoms. The molecule has 0 aliphatic rings. The first-order valence-corrected chi connectivity index (χ1v) is 7.33. The van der Waals surface area contributed by atoms with Crippen molar-refractivity contribution in [1.82, 2.24) is 5.32 Å². The van der Waals surface area contributed by atoms with Crippen molar-refractivity contribution in [1.29, 1.82) is 5.26 Å². The summed E-state index contributed by atoms with van der Waals surface area (Å²) < 4.78 is 5.55. The van der Waals surface area contributed by atoms with E-state index < -0.39 is 6.10 Å². The Hall–Kier alpha value is -3.33. The predicted octanol–water partition coefficient (Wildman–Crippen LogP) is 2.32. The largest absolute Gasteiger partial charge is 0.481 e. The van der Waals surface area contributed by atoms with Gasteiger partial charge in [0, 0.05) is 18.3 Å². The van der Waals surface area contributed by atoms with Crippen molar-refractivity contribution in [2.75, 3.05) is 12.4 Å². The summed E-state index contributed by atoms with van der Waals surface area (Å²) in [5.74, 6) is -0.147. The van der Waals surface area contributed by atoms with E-state index in [2.05, 4.69) is 10.6 Å². The summed E-state index contributed by atoms with van der Waals surface area (Å²) in [5.41, 5.74) is 1.41. The van der Waals surface area contributed by atoms with Gasteiger partial charge < -0.3 is 15.4 Å². The molecule has 6 heteroatoms. The third-order valence-electron chi connectivity index (χ3n) is 3.26. The Labute approximate surface area is 140 Å². The molecule has 0 fully saturated rings. The average molecular weight is 323 g/mol. The summed E-state index contributed by atoms with van der Waals surface area (Å²) in [4.78, 5) is 23.8. The first-order valence-electron chi connectivity index (χ1n) is 7.33. The third-order valence-corrected chi connectivity index (χ3v) is 3.26. The summed E-state index contributed by atoms with van der Waals surface area (Å²) in [6.07, 6.45) is -0.761. The number of nitrogens with zero attached hydrogens (tertiary/aromatic N) is 1. The highest BCUT2D eigenvalue weighted by Crippen LogP contribution is 2.16. The minimum absolute atomic E-state index is 0.233. The molecule has 0 aliphatic carbocycles. The molecule has 6 nitrogen and oxygen atoms in total. The quantitative estimate of drug-likeness (QED) is 0.883. The Balaban J connectivity index is 2.03. The van der Waals surface area contributed by atoms with Crippen LogP contribution in [0.2, 0.25) is 0 Å². The second-order valence-electron chi connectivity index (χ2n) is 5.05. The van der Waals surface area contributed by atoms with Gasteiger partial charge >= 0.3 is 0 Å². The summed E-state index contributed by atoms with van der Waals surface area (Å²) in [5, 5.41) is 14.1. The number of nitrogens with one attached hydrogen (secondary N) is 2. The number of anilines is 1. The standard InChI is InChI=1S/C18H17N3O3/c1-12(24-16-8-3-5-13(9-16)11-19)17(22)21-15-7-4-6-14(10-15)18(23)20-2/h3-10,12H,1-2H3,(H,20,23)(H,21,22). The number of carbonyl (C=O) groups excluding carboxylic acids is 2. The van der Waals surface area contributed by atoms with Crippen LogP contribution in [0.4, 0.5) is 5.69 Å². The molecule has 1 atom stereocenters. The van der Waals surface area contributed by atoms with E-state index in [0.717, 1.165) is 0 Å². The van der Waals surface area contributed by atoms with Gasteiger partial charge in [-0.2, -0.15) is 5.26 Å². The number of amides is 2. The first kappa shape index (κ1) is 17.0. The van der Waals surface area contributed by atoms with Crippen molar-refractivity contribution in [3.05, 3.63) is 59.7 Å². The van der Waals surface area contributed by atoms with Crippen LogP contribution in [-0.4, -0.2) is 25.0 Å². The Morgan fingerprint density at radius 2 is 1.92 bits per heavy atom. The molecule has 122 valence electrons. The van der Waals surface area contributed by atoms with Crippen LogP contribution in [0.1, 0.15) is 22.8 Å². The second-order valence-corrected chi connectivity index (χ2v) is 5.05. The van der Waals surface area contributed by atoms with Gasteiger partial charge in [-0.25, -0.2) is 0 Å². The Bertz CT molecular complexity index is 796. The third kappa shape index (κ3) is 4.34. The Morgan fingerprint density at radius 1 is 1.17 bits per heavy atom. The van der Waals surface area contributed by atoms with Gasteiger partial charge in [0.1, 0.15) is 5.75 Å². The zero-order chi connectivity index (χ0) is 17.5. The minimum atomic E-state index is -0.761. The number of benzene rings is 2. The van der Waals surface area contributed by atoms with Gasteiger partial charge in [-0.15, -0.1) is 0 Å². The summed E-state index contributed by atoms with van der Waals surface area (Å²) in [7, 11) is 1.54. The van der Waals surface area contributed by atoms with Gasteiger partial charge in [0.2, 0.25) is 0 Å². The molecule has 2 aromatic rings. The predicted molar refractivity (Wildman–Crippen MR) is 89.7 cm³/mol. The summed E-state index contributed by atoms with van der Waals surface area (Å²) in [6, 6.07) is 15.2. The molecule has 1 unspecified atom stereocenters. The number of nitriles is 1. The molecular weight excluding hydrogens is 306 g/mol. The highest BCUT2D eigenvalue weighted by molar-refractivity contribution is 5.98. The molecule has 0 radical (unpaired) electrons. The average Bonchev–Trinajstić information content (AvgIpc) is 2.61. The van der Waals surface area contributed by atoms with Crippen LogP contribution in [0, 0.1) is 11.3 Å². The van der Waals surface area contributed by atoms with Crippen LogP contribution in [-0.2, 0) is 4.79 Å². The van der Waals surface area contributed by atoms with Crippen LogP contribution in [0.5, 0.6) is 5.75 Å². The van der Waals surface area contributed by atoms with Crippen molar-refractivity contribution in [3.8, 4) is 11.8 Å². The number of ether oxygens (including phenoxy) is 1. The molecule has 0 aromatic heterocycles. The molecule has 0 bridgehead atoms. The molecule has 2 rings (SSSR count). The molecule has 0 aliphatic heterocycles. The maximum Gasteiger partial charge on any atom is 0.265 e. The van der Waals surface area contributed by atoms with E-state index in [-0.39, 0.29) is 11.8 Å². The molecular formula is C18H17N3O3. The van der Waals surface area contributed by atoms with E-state index in [9.17, 15) is 9.59 Å². The van der Waals surface area contributed by atoms with Gasteiger partial charge in [0.15, 0.2) is 6.10 Å². The molecule has 2 N–H and O–H groups in total. The van der Waals surface area contributed by atoms with Gasteiger partial charge in [0.05, 0.1) is 11.6 Å². The van der Waals surface area contributed by atoms with E-state index >= 15 is 0 Å². The van der Waals surface area contributed by atoms with Crippen LogP contribution in [0.25, 0.3) is 0 Å². The topological polar surface area (TPSA) is 91.2 Å². The number of rotatable bonds is 5. The van der Waals surface area contributed by atoms with E-state index in [4.69, 9.17) is 10.00 Å². The van der Waals surface area contributed by atoms with Crippen LogP contribution in [0.3, 0.4) is 0 Å². The SMILES string of the molecule is CNC(=O)c1cccc(NC(=O)C(C)Oc2cccc(C#N)c2)c1. The van der Waals surface area contributed by atoms with Crippen molar-refractivity contribution in [2.24, 2.45) is 0 Å². The van der Waals surface area contributed by atoms with Crippen molar-refractivity contribution in [2.45, 2.75) is 13.0 Å². The lowest BCUT2D eigenvalue weighted by atomic mass is 10.2. The lowest BCUT2D eigenvalue weighted by Gasteiger charge is -2.15. The van der Waals surface area contributed by atoms with Crippen LogP contribution < -0.4 is 15.4 Å². The Morgan fingerprint density at radius 3 is 2.62 bits per heavy atom. The van der Waals surface area contributed by atoms with Gasteiger partial charge in [0.25, 0.3) is 11.8 Å². The molecule has 0 spiro atoms. The number of carbonyl (C=O) groups is 2. The summed E-state index contributed by atoms with van der Waals surface area (Å²) in [6.45, 7) is 1.61. The number of hydrogen-bond donors (Lipinski definition) is 2. The molecule has 0 heterocycles. The zero-order valence-corrected chi connectivity index (χ0v) is 13.4. The maximum atomic E-state index is 12.2. The maximum absolute atomic E-state index is 12.2. The van der Waals surface area contributed by atoms with Crippen molar-refractivity contribution >= 4 is 17.5 Å². The first-order chi connectivity index (χ1) is 11.5. The highest BCUT2D eigenvalue weighted by Gasteiger charge is 2.15. The molecule has 0 saturated carbocycles. The Kier molecular flexibility index (Phi) is 5.53. The van der Waals surface area contributed by atoms with E-state index in [1.807, 2.05) is 6.07 Å². The lowest BCUT2D eigenvalue weighted by Crippen LogP contribution is -2.30. The zero-order valence-electron chi connectivity index (χ0n) is 13.4. The van der Waals surface area contributed by atoms with Crippen molar-refractivity contribution in [3.63, 3.8) is 0 Å². The van der Waals surface area contributed by atoms with E-state index in [1.165, 1.54) is 0 Å². The summed E-state index contributed by atoms with van der Waals surface area (Å²) >= 11 is 0. The van der Waals surface area contributed by atoms with Gasteiger partial charge in [-0.05, 0) is 43.3 Å². The van der Waals surface area contributed by atoms with Gasteiger partial charge in [-0.3, -0.25) is 9.59 Å². The second kappa shape index (κ2) is 7.79. The highest BCUT2D eigenvalue weighted by atomic mass is 16.5. The fourth-order valence-electron chi connectivity index (χ4n) is 2.02. The van der Waals surface area contributed by atoms with E-state index in [0.29, 0.717) is 22.6 Å². The lowest BCUT2D eigenvalue weighted by molar-refractivity contribution is -0.122. The smallest absolute Gasteiger partial charge is 0.265 e. The molecule has 2 amide bonds. The minimum Gasteiger partial charge on any atom is -0.481 e. The van der Waals surface area contributed by atoms with Crippen LogP contribution in [0.15, 0.2) is 48.5 Å².